The Morgan fingerprint density at radius 2 is 1.93 bits per heavy atom. The summed E-state index contributed by atoms with van der Waals surface area (Å²) in [7, 11) is -0.544. The normalized spacial score (nSPS) is 25.1. The van der Waals surface area contributed by atoms with Gasteiger partial charge < -0.3 is 14.0 Å². The van der Waals surface area contributed by atoms with E-state index >= 15 is 0 Å². The van der Waals surface area contributed by atoms with Crippen molar-refractivity contribution < 1.29 is 18.4 Å². The van der Waals surface area contributed by atoms with Crippen molar-refractivity contribution in [2.24, 2.45) is 0 Å². The molecule has 0 N–H and O–H groups in total. The van der Waals surface area contributed by atoms with Crippen LogP contribution in [0.2, 0.25) is 0 Å². The van der Waals surface area contributed by atoms with Crippen LogP contribution in [0.1, 0.15) is 59.4 Å². The highest BCUT2D eigenvalue weighted by Gasteiger charge is 2.52. The Hall–Kier alpha value is -0.945. The van der Waals surface area contributed by atoms with Crippen molar-refractivity contribution >= 4 is 12.6 Å². The molecule has 2 fully saturated rings. The summed E-state index contributed by atoms with van der Waals surface area (Å²) in [4.78, 5) is 2.39. The number of piperidine rings is 1. The maximum absolute atomic E-state index is 14.0. The highest BCUT2D eigenvalue weighted by atomic mass is 19.1. The maximum Gasteiger partial charge on any atom is 0.495 e. The zero-order chi connectivity index (χ0) is 19.7. The van der Waals surface area contributed by atoms with Gasteiger partial charge in [-0.15, -0.1) is 0 Å². The molecule has 2 aliphatic heterocycles. The van der Waals surface area contributed by atoms with Gasteiger partial charge >= 0.3 is 7.12 Å². The maximum atomic E-state index is 14.0. The minimum absolute atomic E-state index is 0.258. The number of likely N-dealkylation sites (tertiary alicyclic amines) is 1. The summed E-state index contributed by atoms with van der Waals surface area (Å²) >= 11 is 0. The van der Waals surface area contributed by atoms with E-state index in [-0.39, 0.29) is 5.82 Å². The third-order valence-corrected chi connectivity index (χ3v) is 6.03. The second-order valence-electron chi connectivity index (χ2n) is 8.80. The molecule has 1 atom stereocenters. The van der Waals surface area contributed by atoms with Gasteiger partial charge in [0.05, 0.1) is 17.3 Å². The van der Waals surface area contributed by atoms with E-state index < -0.39 is 18.3 Å². The SMILES string of the molecule is CCCOC1CCCN(Cc2ccc(F)cc2B2OC(C)(C)C(C)(C)O2)C1. The zero-order valence-corrected chi connectivity index (χ0v) is 17.4. The first-order valence-electron chi connectivity index (χ1n) is 10.2. The quantitative estimate of drug-likeness (QED) is 0.710. The average molecular weight is 377 g/mol. The number of hydrogen-bond acceptors (Lipinski definition) is 4. The second-order valence-corrected chi connectivity index (χ2v) is 8.80. The van der Waals surface area contributed by atoms with Gasteiger partial charge in [-0.25, -0.2) is 4.39 Å². The van der Waals surface area contributed by atoms with E-state index in [9.17, 15) is 4.39 Å². The van der Waals surface area contributed by atoms with Crippen molar-refractivity contribution in [2.45, 2.75) is 77.7 Å². The van der Waals surface area contributed by atoms with Crippen molar-refractivity contribution in [3.8, 4) is 0 Å². The second kappa shape index (κ2) is 8.20. The van der Waals surface area contributed by atoms with E-state index in [1.807, 2.05) is 33.8 Å². The molecule has 2 heterocycles. The predicted octanol–water partition coefficient (Wildman–Crippen LogP) is 3.52. The fraction of sp³-hybridized carbons (Fsp3) is 0.714. The molecular formula is C21H33BFNO3. The van der Waals surface area contributed by atoms with Gasteiger partial charge in [-0.05, 0) is 76.7 Å². The van der Waals surface area contributed by atoms with Crippen molar-refractivity contribution in [1.29, 1.82) is 0 Å². The number of ether oxygens (including phenoxy) is 1. The molecule has 0 bridgehead atoms. The van der Waals surface area contributed by atoms with Crippen LogP contribution in [0.25, 0.3) is 0 Å². The molecule has 6 heteroatoms. The molecule has 0 aromatic heterocycles. The van der Waals surface area contributed by atoms with Crippen LogP contribution < -0.4 is 5.46 Å². The molecule has 27 heavy (non-hydrogen) atoms. The fourth-order valence-corrected chi connectivity index (χ4v) is 3.72. The monoisotopic (exact) mass is 377 g/mol. The summed E-state index contributed by atoms with van der Waals surface area (Å²) < 4.78 is 32.3. The number of nitrogens with zero attached hydrogens (tertiary/aromatic N) is 1. The van der Waals surface area contributed by atoms with Crippen LogP contribution in [0.15, 0.2) is 18.2 Å². The van der Waals surface area contributed by atoms with Crippen molar-refractivity contribution in [2.75, 3.05) is 19.7 Å². The molecule has 0 radical (unpaired) electrons. The van der Waals surface area contributed by atoms with Crippen LogP contribution in [-0.2, 0) is 20.6 Å². The topological polar surface area (TPSA) is 30.9 Å². The van der Waals surface area contributed by atoms with Crippen molar-refractivity contribution in [3.63, 3.8) is 0 Å². The van der Waals surface area contributed by atoms with E-state index in [1.54, 1.807) is 6.07 Å². The van der Waals surface area contributed by atoms with Crippen LogP contribution in [0.3, 0.4) is 0 Å². The lowest BCUT2D eigenvalue weighted by atomic mass is 9.75. The summed E-state index contributed by atoms with van der Waals surface area (Å²) in [6.07, 6.45) is 3.57. The first-order valence-corrected chi connectivity index (χ1v) is 10.2. The highest BCUT2D eigenvalue weighted by Crippen LogP contribution is 2.36. The smallest absolute Gasteiger partial charge is 0.399 e. The lowest BCUT2D eigenvalue weighted by Gasteiger charge is -2.33. The van der Waals surface area contributed by atoms with Gasteiger partial charge in [-0.3, -0.25) is 4.90 Å². The third kappa shape index (κ3) is 4.73. The number of halogens is 1. The zero-order valence-electron chi connectivity index (χ0n) is 17.4. The van der Waals surface area contributed by atoms with E-state index in [1.165, 1.54) is 6.07 Å². The lowest BCUT2D eigenvalue weighted by molar-refractivity contribution is -0.00217. The predicted molar refractivity (Wildman–Crippen MR) is 107 cm³/mol. The van der Waals surface area contributed by atoms with Gasteiger partial charge in [-0.2, -0.15) is 0 Å². The van der Waals surface area contributed by atoms with Crippen LogP contribution >= 0.6 is 0 Å². The van der Waals surface area contributed by atoms with Crippen LogP contribution in [0.5, 0.6) is 0 Å². The average Bonchev–Trinajstić information content (AvgIpc) is 2.82. The highest BCUT2D eigenvalue weighted by molar-refractivity contribution is 6.62. The Morgan fingerprint density at radius 1 is 1.22 bits per heavy atom. The molecule has 2 saturated heterocycles. The first kappa shape index (κ1) is 20.8. The Balaban J connectivity index is 1.75. The van der Waals surface area contributed by atoms with Gasteiger partial charge in [0.2, 0.25) is 0 Å². The van der Waals surface area contributed by atoms with Crippen molar-refractivity contribution in [1.82, 2.24) is 4.90 Å². The molecule has 1 unspecified atom stereocenters. The molecule has 1 aromatic rings. The molecule has 2 aliphatic rings. The number of benzene rings is 1. The van der Waals surface area contributed by atoms with Gasteiger partial charge in [0.1, 0.15) is 5.82 Å². The number of rotatable bonds is 6. The lowest BCUT2D eigenvalue weighted by Crippen LogP contribution is -2.42. The fourth-order valence-electron chi connectivity index (χ4n) is 3.72. The molecule has 0 spiro atoms. The van der Waals surface area contributed by atoms with Gasteiger partial charge in [0, 0.05) is 19.7 Å². The molecule has 0 amide bonds. The summed E-state index contributed by atoms with van der Waals surface area (Å²) in [5.74, 6) is -0.258. The third-order valence-electron chi connectivity index (χ3n) is 6.03. The molecule has 0 aliphatic carbocycles. The van der Waals surface area contributed by atoms with E-state index in [2.05, 4.69) is 11.8 Å². The van der Waals surface area contributed by atoms with Crippen LogP contribution in [-0.4, -0.2) is 49.0 Å². The Kier molecular flexibility index (Phi) is 6.31. The van der Waals surface area contributed by atoms with Crippen molar-refractivity contribution in [3.05, 3.63) is 29.6 Å². The Labute approximate surface area is 163 Å². The minimum Gasteiger partial charge on any atom is -0.399 e. The van der Waals surface area contributed by atoms with E-state index in [0.717, 1.165) is 56.5 Å². The van der Waals surface area contributed by atoms with Crippen LogP contribution in [0, 0.1) is 5.82 Å². The molecule has 1 aromatic carbocycles. The Bertz CT molecular complexity index is 636. The van der Waals surface area contributed by atoms with E-state index in [4.69, 9.17) is 14.0 Å². The molecule has 150 valence electrons. The van der Waals surface area contributed by atoms with Gasteiger partial charge in [0.15, 0.2) is 0 Å². The van der Waals surface area contributed by atoms with Crippen LogP contribution in [0.4, 0.5) is 4.39 Å². The summed E-state index contributed by atoms with van der Waals surface area (Å²) in [5, 5.41) is 0. The molecule has 3 rings (SSSR count). The standard InChI is InChI=1S/C21H33BFNO3/c1-6-12-25-18-8-7-11-24(15-18)14-16-9-10-17(23)13-19(16)22-26-20(2,3)21(4,5)27-22/h9-10,13,18H,6-8,11-12,14-15H2,1-5H3. The summed E-state index contributed by atoms with van der Waals surface area (Å²) in [5.41, 5.74) is 0.980. The summed E-state index contributed by atoms with van der Waals surface area (Å²) in [6.45, 7) is 13.7. The molecule has 0 saturated carbocycles. The van der Waals surface area contributed by atoms with E-state index in [0.29, 0.717) is 6.10 Å². The minimum atomic E-state index is -0.544. The number of hydrogen-bond donors (Lipinski definition) is 0. The largest absolute Gasteiger partial charge is 0.495 e. The van der Waals surface area contributed by atoms with Gasteiger partial charge in [0.25, 0.3) is 0 Å². The van der Waals surface area contributed by atoms with Gasteiger partial charge in [-0.1, -0.05) is 13.0 Å². The molecular weight excluding hydrogens is 344 g/mol. The first-order chi connectivity index (χ1) is 12.7. The Morgan fingerprint density at radius 3 is 2.59 bits per heavy atom. The molecule has 4 nitrogen and oxygen atoms in total. The summed E-state index contributed by atoms with van der Waals surface area (Å²) in [6, 6.07) is 4.96.